The molecule has 0 fully saturated rings. The Morgan fingerprint density at radius 2 is 1.93 bits per heavy atom. The number of halogens is 1. The molecule has 27 heavy (non-hydrogen) atoms. The molecule has 0 saturated carbocycles. The van der Waals surface area contributed by atoms with E-state index in [2.05, 4.69) is 20.3 Å². The number of likely N-dealkylation sites (N-methyl/N-ethyl adjacent to an activating group) is 1. The van der Waals surface area contributed by atoms with Gasteiger partial charge in [0.25, 0.3) is 5.91 Å². The van der Waals surface area contributed by atoms with Crippen molar-refractivity contribution >= 4 is 17.5 Å². The quantitative estimate of drug-likeness (QED) is 0.726. The maximum Gasteiger partial charge on any atom is 0.274 e. The van der Waals surface area contributed by atoms with E-state index in [9.17, 15) is 9.18 Å². The van der Waals surface area contributed by atoms with Gasteiger partial charge in [-0.3, -0.25) is 9.78 Å². The molecule has 2 heterocycles. The molecule has 0 aliphatic rings. The van der Waals surface area contributed by atoms with E-state index < -0.39 is 11.7 Å². The second kappa shape index (κ2) is 8.35. The largest absolute Gasteiger partial charge is 0.344 e. The monoisotopic (exact) mass is 365 g/mol. The normalized spacial score (nSPS) is 10.5. The molecule has 0 bridgehead atoms. The first-order valence-electron chi connectivity index (χ1n) is 8.54. The van der Waals surface area contributed by atoms with E-state index in [-0.39, 0.29) is 5.69 Å². The molecule has 2 aromatic heterocycles. The fourth-order valence-electron chi connectivity index (χ4n) is 2.55. The molecule has 0 radical (unpaired) electrons. The van der Waals surface area contributed by atoms with Gasteiger partial charge in [0, 0.05) is 37.4 Å². The minimum absolute atomic E-state index is 0.234. The number of carbonyl (C=O) groups is 1. The van der Waals surface area contributed by atoms with Gasteiger partial charge in [0.05, 0.1) is 0 Å². The zero-order valence-electron chi connectivity index (χ0n) is 15.2. The molecule has 3 rings (SSSR count). The Morgan fingerprint density at radius 1 is 1.15 bits per heavy atom. The fourth-order valence-corrected chi connectivity index (χ4v) is 2.55. The van der Waals surface area contributed by atoms with Crippen LogP contribution in [-0.2, 0) is 6.42 Å². The van der Waals surface area contributed by atoms with E-state index in [1.165, 1.54) is 18.2 Å². The van der Waals surface area contributed by atoms with Gasteiger partial charge in [0.2, 0.25) is 5.95 Å². The Kier molecular flexibility index (Phi) is 5.71. The smallest absolute Gasteiger partial charge is 0.274 e. The van der Waals surface area contributed by atoms with Gasteiger partial charge in [0.1, 0.15) is 11.5 Å². The molecule has 0 saturated heterocycles. The second-order valence-corrected chi connectivity index (χ2v) is 6.19. The molecule has 0 unspecified atom stereocenters. The molecule has 0 atom stereocenters. The summed E-state index contributed by atoms with van der Waals surface area (Å²) in [6.45, 7) is 2.50. The highest BCUT2D eigenvalue weighted by molar-refractivity contribution is 6.03. The van der Waals surface area contributed by atoms with Gasteiger partial charge in [-0.05, 0) is 55.3 Å². The lowest BCUT2D eigenvalue weighted by molar-refractivity contribution is 0.102. The number of nitrogens with zero attached hydrogens (tertiary/aromatic N) is 4. The Bertz CT molecular complexity index is 933. The topological polar surface area (TPSA) is 71.0 Å². The standard InChI is InChI=1S/C20H20FN5O/c1-14-12-18(19(27)24-17-5-3-4-16(21)13-17)25-20(23-14)26(2)11-8-15-6-9-22-10-7-15/h3-7,9-10,12-13H,8,11H2,1-2H3,(H,24,27). The lowest BCUT2D eigenvalue weighted by Crippen LogP contribution is -2.24. The molecule has 138 valence electrons. The van der Waals surface area contributed by atoms with E-state index in [1.807, 2.05) is 24.1 Å². The van der Waals surface area contributed by atoms with Gasteiger partial charge in [-0.25, -0.2) is 14.4 Å². The Labute approximate surface area is 157 Å². The molecular weight excluding hydrogens is 345 g/mol. The van der Waals surface area contributed by atoms with Crippen LogP contribution in [0.3, 0.4) is 0 Å². The maximum absolute atomic E-state index is 13.3. The van der Waals surface area contributed by atoms with Crippen LogP contribution >= 0.6 is 0 Å². The number of aromatic nitrogens is 3. The van der Waals surface area contributed by atoms with Crippen molar-refractivity contribution in [1.29, 1.82) is 0 Å². The van der Waals surface area contributed by atoms with Crippen molar-refractivity contribution < 1.29 is 9.18 Å². The van der Waals surface area contributed by atoms with Crippen molar-refractivity contribution in [3.05, 3.63) is 77.6 Å². The number of amides is 1. The SMILES string of the molecule is Cc1cc(C(=O)Nc2cccc(F)c2)nc(N(C)CCc2ccncc2)n1. The van der Waals surface area contributed by atoms with Crippen LogP contribution in [-0.4, -0.2) is 34.5 Å². The first kappa shape index (κ1) is 18.4. The number of rotatable bonds is 6. The van der Waals surface area contributed by atoms with E-state index in [0.29, 0.717) is 23.9 Å². The van der Waals surface area contributed by atoms with Crippen molar-refractivity contribution in [3.63, 3.8) is 0 Å². The summed E-state index contributed by atoms with van der Waals surface area (Å²) in [5.41, 5.74) is 2.45. The lowest BCUT2D eigenvalue weighted by Gasteiger charge is -2.18. The van der Waals surface area contributed by atoms with E-state index in [4.69, 9.17) is 0 Å². The van der Waals surface area contributed by atoms with Crippen molar-refractivity contribution in [2.45, 2.75) is 13.3 Å². The number of nitrogens with one attached hydrogen (secondary N) is 1. The summed E-state index contributed by atoms with van der Waals surface area (Å²) in [6.07, 6.45) is 4.32. The zero-order chi connectivity index (χ0) is 19.2. The molecule has 1 amide bonds. The van der Waals surface area contributed by atoms with Crippen molar-refractivity contribution in [1.82, 2.24) is 15.0 Å². The average Bonchev–Trinajstić information content (AvgIpc) is 2.66. The van der Waals surface area contributed by atoms with Crippen LogP contribution in [0.1, 0.15) is 21.7 Å². The molecular formula is C20H20FN5O. The third-order valence-electron chi connectivity index (χ3n) is 3.98. The van der Waals surface area contributed by atoms with Crippen molar-refractivity contribution in [2.24, 2.45) is 0 Å². The predicted octanol–water partition coefficient (Wildman–Crippen LogP) is 3.25. The van der Waals surface area contributed by atoms with E-state index in [0.717, 1.165) is 12.0 Å². The fraction of sp³-hybridized carbons (Fsp3) is 0.200. The summed E-state index contributed by atoms with van der Waals surface area (Å²) in [4.78, 5) is 27.2. The maximum atomic E-state index is 13.3. The number of hydrogen-bond donors (Lipinski definition) is 1. The number of benzene rings is 1. The first-order valence-corrected chi connectivity index (χ1v) is 8.54. The van der Waals surface area contributed by atoms with Crippen LogP contribution in [0.2, 0.25) is 0 Å². The molecule has 7 heteroatoms. The number of anilines is 2. The molecule has 1 N–H and O–H groups in total. The number of carbonyl (C=O) groups excluding carboxylic acids is 1. The van der Waals surface area contributed by atoms with Crippen LogP contribution in [0, 0.1) is 12.7 Å². The Balaban J connectivity index is 1.72. The molecule has 6 nitrogen and oxygen atoms in total. The molecule has 0 aliphatic heterocycles. The van der Waals surface area contributed by atoms with Crippen molar-refractivity contribution in [2.75, 3.05) is 23.8 Å². The highest BCUT2D eigenvalue weighted by Crippen LogP contribution is 2.14. The van der Waals surface area contributed by atoms with Crippen LogP contribution in [0.25, 0.3) is 0 Å². The van der Waals surface area contributed by atoms with Crippen LogP contribution in [0.5, 0.6) is 0 Å². The van der Waals surface area contributed by atoms with E-state index >= 15 is 0 Å². The molecule has 1 aromatic carbocycles. The zero-order valence-corrected chi connectivity index (χ0v) is 15.2. The summed E-state index contributed by atoms with van der Waals surface area (Å²) in [5, 5.41) is 2.66. The minimum atomic E-state index is -0.414. The average molecular weight is 365 g/mol. The number of pyridine rings is 1. The van der Waals surface area contributed by atoms with Gasteiger partial charge in [-0.2, -0.15) is 0 Å². The summed E-state index contributed by atoms with van der Waals surface area (Å²) in [6, 6.07) is 11.3. The van der Waals surface area contributed by atoms with Gasteiger partial charge in [-0.1, -0.05) is 6.07 Å². The molecule has 0 aliphatic carbocycles. The summed E-state index contributed by atoms with van der Waals surface area (Å²) < 4.78 is 13.3. The van der Waals surface area contributed by atoms with Gasteiger partial charge >= 0.3 is 0 Å². The third kappa shape index (κ3) is 5.07. The van der Waals surface area contributed by atoms with Gasteiger partial charge in [0.15, 0.2) is 0 Å². The number of aryl methyl sites for hydroxylation is 1. The summed E-state index contributed by atoms with van der Waals surface area (Å²) in [7, 11) is 1.88. The highest BCUT2D eigenvalue weighted by atomic mass is 19.1. The van der Waals surface area contributed by atoms with E-state index in [1.54, 1.807) is 31.5 Å². The second-order valence-electron chi connectivity index (χ2n) is 6.19. The minimum Gasteiger partial charge on any atom is -0.344 e. The summed E-state index contributed by atoms with van der Waals surface area (Å²) >= 11 is 0. The van der Waals surface area contributed by atoms with Gasteiger partial charge in [-0.15, -0.1) is 0 Å². The number of hydrogen-bond acceptors (Lipinski definition) is 5. The van der Waals surface area contributed by atoms with Crippen LogP contribution in [0.4, 0.5) is 16.0 Å². The molecule has 3 aromatic rings. The lowest BCUT2D eigenvalue weighted by atomic mass is 10.2. The van der Waals surface area contributed by atoms with Crippen LogP contribution < -0.4 is 10.2 Å². The first-order chi connectivity index (χ1) is 13.0. The van der Waals surface area contributed by atoms with Crippen LogP contribution in [0.15, 0.2) is 54.9 Å². The molecule has 0 spiro atoms. The predicted molar refractivity (Wildman–Crippen MR) is 102 cm³/mol. The third-order valence-corrected chi connectivity index (χ3v) is 3.98. The Hall–Kier alpha value is -3.35. The Morgan fingerprint density at radius 3 is 2.67 bits per heavy atom. The van der Waals surface area contributed by atoms with Gasteiger partial charge < -0.3 is 10.2 Å². The van der Waals surface area contributed by atoms with Crippen molar-refractivity contribution in [3.8, 4) is 0 Å². The highest BCUT2D eigenvalue weighted by Gasteiger charge is 2.13. The summed E-state index contributed by atoms with van der Waals surface area (Å²) in [5.74, 6) is -0.355.